The number of aromatic nitrogens is 1. The molecular formula is C21H19FN2O3S. The maximum atomic E-state index is 12.9. The number of rotatable bonds is 6. The average Bonchev–Trinajstić information content (AvgIpc) is 3.28. The standard InChI is InChI=1S/C21H19FN2O3S/c1-13-20(28-19(24-13)12-26-16-8-6-15(22)7-9-16)21(25)23-11-17-10-14-4-2-3-5-18(14)27-17/h2-9,17H,10-12H2,1H3,(H,23,25). The highest BCUT2D eigenvalue weighted by Gasteiger charge is 2.24. The Hall–Kier alpha value is -2.93. The summed E-state index contributed by atoms with van der Waals surface area (Å²) in [6.07, 6.45) is 0.727. The quantitative estimate of drug-likeness (QED) is 0.684. The number of thiazole rings is 1. The summed E-state index contributed by atoms with van der Waals surface area (Å²) in [6, 6.07) is 13.7. The maximum absolute atomic E-state index is 12.9. The number of nitrogens with one attached hydrogen (secondary N) is 1. The summed E-state index contributed by atoms with van der Waals surface area (Å²) >= 11 is 1.30. The third-order valence-corrected chi connectivity index (χ3v) is 5.56. The molecule has 1 amide bonds. The van der Waals surface area contributed by atoms with E-state index in [-0.39, 0.29) is 24.4 Å². The lowest BCUT2D eigenvalue weighted by Crippen LogP contribution is -2.34. The fraction of sp³-hybridized carbons (Fsp3) is 0.238. The van der Waals surface area contributed by atoms with Gasteiger partial charge in [-0.1, -0.05) is 18.2 Å². The molecule has 1 unspecified atom stereocenters. The van der Waals surface area contributed by atoms with Crippen LogP contribution in [0.15, 0.2) is 48.5 Å². The summed E-state index contributed by atoms with van der Waals surface area (Å²) < 4.78 is 24.4. The maximum Gasteiger partial charge on any atom is 0.263 e. The van der Waals surface area contributed by atoms with Crippen molar-refractivity contribution < 1.29 is 18.7 Å². The number of ether oxygens (including phenoxy) is 2. The molecule has 28 heavy (non-hydrogen) atoms. The van der Waals surface area contributed by atoms with Crippen LogP contribution in [0.3, 0.4) is 0 Å². The Balaban J connectivity index is 1.31. The van der Waals surface area contributed by atoms with E-state index < -0.39 is 0 Å². The lowest BCUT2D eigenvalue weighted by atomic mass is 10.1. The first-order valence-electron chi connectivity index (χ1n) is 8.96. The molecule has 2 heterocycles. The van der Waals surface area contributed by atoms with E-state index in [0.717, 1.165) is 17.7 Å². The van der Waals surface area contributed by atoms with Crippen molar-refractivity contribution in [1.29, 1.82) is 0 Å². The third kappa shape index (κ3) is 4.14. The van der Waals surface area contributed by atoms with Crippen LogP contribution in [-0.4, -0.2) is 23.5 Å². The number of halogens is 1. The molecule has 0 bridgehead atoms. The number of hydrogen-bond acceptors (Lipinski definition) is 5. The van der Waals surface area contributed by atoms with Gasteiger partial charge >= 0.3 is 0 Å². The zero-order valence-corrected chi connectivity index (χ0v) is 16.1. The zero-order valence-electron chi connectivity index (χ0n) is 15.3. The second-order valence-electron chi connectivity index (χ2n) is 6.53. The minimum Gasteiger partial charge on any atom is -0.488 e. The Morgan fingerprint density at radius 3 is 2.86 bits per heavy atom. The molecule has 0 spiro atoms. The number of amides is 1. The predicted molar refractivity (Wildman–Crippen MR) is 104 cm³/mol. The average molecular weight is 398 g/mol. The van der Waals surface area contributed by atoms with Crippen LogP contribution in [-0.2, 0) is 13.0 Å². The van der Waals surface area contributed by atoms with Gasteiger partial charge in [-0.15, -0.1) is 11.3 Å². The van der Waals surface area contributed by atoms with Crippen molar-refractivity contribution in [3.8, 4) is 11.5 Å². The molecule has 1 aliphatic heterocycles. The van der Waals surface area contributed by atoms with Gasteiger partial charge in [-0.3, -0.25) is 4.79 Å². The number of aryl methyl sites for hydroxylation is 1. The lowest BCUT2D eigenvalue weighted by Gasteiger charge is -2.11. The van der Waals surface area contributed by atoms with Crippen LogP contribution >= 0.6 is 11.3 Å². The van der Waals surface area contributed by atoms with Crippen molar-refractivity contribution in [1.82, 2.24) is 10.3 Å². The molecule has 1 aliphatic rings. The molecule has 0 saturated carbocycles. The van der Waals surface area contributed by atoms with Gasteiger partial charge in [-0.25, -0.2) is 9.37 Å². The largest absolute Gasteiger partial charge is 0.488 e. The van der Waals surface area contributed by atoms with E-state index in [1.165, 1.54) is 23.5 Å². The summed E-state index contributed by atoms with van der Waals surface area (Å²) in [4.78, 5) is 17.5. The summed E-state index contributed by atoms with van der Waals surface area (Å²) in [6.45, 7) is 2.46. The Bertz CT molecular complexity index is 963. The normalized spacial score (nSPS) is 15.0. The summed E-state index contributed by atoms with van der Waals surface area (Å²) in [5.74, 6) is 0.961. The molecule has 0 saturated heterocycles. The monoisotopic (exact) mass is 398 g/mol. The van der Waals surface area contributed by atoms with Gasteiger partial charge in [0.1, 0.15) is 39.9 Å². The van der Waals surface area contributed by atoms with Gasteiger partial charge < -0.3 is 14.8 Å². The van der Waals surface area contributed by atoms with E-state index >= 15 is 0 Å². The van der Waals surface area contributed by atoms with E-state index in [1.54, 1.807) is 19.1 Å². The molecule has 4 rings (SSSR count). The number of hydrogen-bond donors (Lipinski definition) is 1. The molecule has 0 radical (unpaired) electrons. The van der Waals surface area contributed by atoms with E-state index in [4.69, 9.17) is 9.47 Å². The van der Waals surface area contributed by atoms with Crippen molar-refractivity contribution in [3.05, 3.63) is 75.5 Å². The van der Waals surface area contributed by atoms with Crippen LogP contribution in [0.25, 0.3) is 0 Å². The van der Waals surface area contributed by atoms with Crippen molar-refractivity contribution in [3.63, 3.8) is 0 Å². The molecule has 5 nitrogen and oxygen atoms in total. The number of carbonyl (C=O) groups excluding carboxylic acids is 1. The first-order chi connectivity index (χ1) is 13.6. The van der Waals surface area contributed by atoms with Gasteiger partial charge in [0.2, 0.25) is 0 Å². The molecule has 2 aromatic carbocycles. The Labute approximate surface area is 166 Å². The van der Waals surface area contributed by atoms with Crippen LogP contribution in [0.2, 0.25) is 0 Å². The van der Waals surface area contributed by atoms with Gasteiger partial charge in [0.15, 0.2) is 0 Å². The van der Waals surface area contributed by atoms with Gasteiger partial charge in [-0.05, 0) is 42.8 Å². The van der Waals surface area contributed by atoms with E-state index in [0.29, 0.717) is 27.9 Å². The van der Waals surface area contributed by atoms with Crippen molar-refractivity contribution in [2.75, 3.05) is 6.54 Å². The van der Waals surface area contributed by atoms with Crippen molar-refractivity contribution in [2.24, 2.45) is 0 Å². The van der Waals surface area contributed by atoms with Gasteiger partial charge in [0, 0.05) is 6.42 Å². The molecule has 1 atom stereocenters. The molecule has 1 aromatic heterocycles. The Kier molecular flexibility index (Phi) is 5.25. The Morgan fingerprint density at radius 2 is 2.07 bits per heavy atom. The fourth-order valence-electron chi connectivity index (χ4n) is 3.06. The van der Waals surface area contributed by atoms with E-state index in [2.05, 4.69) is 10.3 Å². The van der Waals surface area contributed by atoms with Crippen LogP contribution in [0.1, 0.15) is 25.9 Å². The lowest BCUT2D eigenvalue weighted by molar-refractivity contribution is 0.0937. The van der Waals surface area contributed by atoms with Gasteiger partial charge in [0.25, 0.3) is 5.91 Å². The highest BCUT2D eigenvalue weighted by atomic mass is 32.1. The fourth-order valence-corrected chi connectivity index (χ4v) is 3.95. The zero-order chi connectivity index (χ0) is 19.5. The minimum absolute atomic E-state index is 0.0594. The summed E-state index contributed by atoms with van der Waals surface area (Å²) in [7, 11) is 0. The molecule has 3 aromatic rings. The van der Waals surface area contributed by atoms with Crippen molar-refractivity contribution in [2.45, 2.75) is 26.1 Å². The third-order valence-electron chi connectivity index (χ3n) is 4.43. The highest BCUT2D eigenvalue weighted by molar-refractivity contribution is 7.13. The van der Waals surface area contributed by atoms with Crippen LogP contribution in [0, 0.1) is 12.7 Å². The number of benzene rings is 2. The molecule has 144 valence electrons. The van der Waals surface area contributed by atoms with Gasteiger partial charge in [0.05, 0.1) is 12.2 Å². The first kappa shape index (κ1) is 18.4. The second kappa shape index (κ2) is 7.98. The van der Waals surface area contributed by atoms with E-state index in [9.17, 15) is 9.18 Å². The highest BCUT2D eigenvalue weighted by Crippen LogP contribution is 2.28. The number of para-hydroxylation sites is 1. The topological polar surface area (TPSA) is 60.5 Å². The first-order valence-corrected chi connectivity index (χ1v) is 9.77. The predicted octanol–water partition coefficient (Wildman–Crippen LogP) is 3.90. The molecule has 0 aliphatic carbocycles. The van der Waals surface area contributed by atoms with Crippen LogP contribution in [0.5, 0.6) is 11.5 Å². The smallest absolute Gasteiger partial charge is 0.263 e. The van der Waals surface area contributed by atoms with E-state index in [1.807, 2.05) is 24.3 Å². The molecular weight excluding hydrogens is 379 g/mol. The molecule has 0 fully saturated rings. The van der Waals surface area contributed by atoms with Crippen LogP contribution < -0.4 is 14.8 Å². The van der Waals surface area contributed by atoms with Crippen LogP contribution in [0.4, 0.5) is 4.39 Å². The second-order valence-corrected chi connectivity index (χ2v) is 7.61. The number of nitrogens with zero attached hydrogens (tertiary/aromatic N) is 1. The SMILES string of the molecule is Cc1nc(COc2ccc(F)cc2)sc1C(=O)NCC1Cc2ccccc2O1. The summed E-state index contributed by atoms with van der Waals surface area (Å²) in [5.41, 5.74) is 1.83. The number of fused-ring (bicyclic) bond motifs is 1. The molecule has 7 heteroatoms. The van der Waals surface area contributed by atoms with Crippen molar-refractivity contribution >= 4 is 17.2 Å². The molecule has 1 N–H and O–H groups in total. The van der Waals surface area contributed by atoms with Gasteiger partial charge in [-0.2, -0.15) is 0 Å². The Morgan fingerprint density at radius 1 is 1.29 bits per heavy atom. The number of carbonyl (C=O) groups is 1. The minimum atomic E-state index is -0.314. The summed E-state index contributed by atoms with van der Waals surface area (Å²) in [5, 5.41) is 3.63.